The van der Waals surface area contributed by atoms with Crippen LogP contribution in [-0.2, 0) is 68.4 Å². The molecule has 2 rings (SSSR count). The highest BCUT2D eigenvalue weighted by atomic mass is 16.7. The Labute approximate surface area is 270 Å². The van der Waals surface area contributed by atoms with Crippen LogP contribution in [0.1, 0.15) is 33.3 Å². The lowest BCUT2D eigenvalue weighted by Crippen LogP contribution is -2.62. The molecule has 260 valence electrons. The van der Waals surface area contributed by atoms with Crippen molar-refractivity contribution in [1.29, 1.82) is 0 Å². The molecule has 1 aromatic rings. The molecule has 1 aromatic carbocycles. The summed E-state index contributed by atoms with van der Waals surface area (Å²) < 4.78 is 48.4. The maximum Gasteiger partial charge on any atom is 0.408 e. The number of esters is 4. The Balaban J connectivity index is 2.33. The first kappa shape index (κ1) is 38.7. The van der Waals surface area contributed by atoms with Crippen LogP contribution >= 0.6 is 0 Å². The quantitative estimate of drug-likeness (QED) is 0.0587. The largest absolute Gasteiger partial charge is 0.463 e. The summed E-state index contributed by atoms with van der Waals surface area (Å²) in [5.41, 5.74) is 10.0. The van der Waals surface area contributed by atoms with Crippen LogP contribution in [0.4, 0.5) is 4.79 Å². The van der Waals surface area contributed by atoms with Crippen LogP contribution in [0.2, 0.25) is 0 Å². The van der Waals surface area contributed by atoms with Gasteiger partial charge in [-0.15, -0.1) is 0 Å². The molecule has 0 aromatic heterocycles. The molecular weight excluding hydrogens is 628 g/mol. The van der Waals surface area contributed by atoms with Crippen molar-refractivity contribution in [1.82, 2.24) is 5.32 Å². The van der Waals surface area contributed by atoms with Crippen LogP contribution < -0.4 is 5.32 Å². The number of carbonyl (C=O) groups is 5. The monoisotopic (exact) mass is 668 g/mol. The molecule has 0 saturated carbocycles. The van der Waals surface area contributed by atoms with Crippen LogP contribution in [0.25, 0.3) is 10.4 Å². The minimum absolute atomic E-state index is 0.0274. The third-order valence-corrected chi connectivity index (χ3v) is 6.32. The number of azide groups is 1. The van der Waals surface area contributed by atoms with Gasteiger partial charge in [0.1, 0.15) is 32.0 Å². The molecule has 1 amide bonds. The van der Waals surface area contributed by atoms with E-state index >= 15 is 0 Å². The fourth-order valence-corrected chi connectivity index (χ4v) is 4.27. The van der Waals surface area contributed by atoms with Gasteiger partial charge in [-0.1, -0.05) is 35.4 Å². The molecule has 0 spiro atoms. The number of ether oxygens (including phenoxy) is 9. The smallest absolute Gasteiger partial charge is 0.408 e. The van der Waals surface area contributed by atoms with Crippen molar-refractivity contribution >= 4 is 30.0 Å². The highest BCUT2D eigenvalue weighted by Crippen LogP contribution is 2.31. The van der Waals surface area contributed by atoms with E-state index in [0.717, 1.165) is 20.8 Å². The summed E-state index contributed by atoms with van der Waals surface area (Å²) in [4.78, 5) is 64.3. The number of carbonyl (C=O) groups excluding carboxylic acids is 5. The van der Waals surface area contributed by atoms with E-state index in [1.807, 2.05) is 0 Å². The lowest BCUT2D eigenvalue weighted by Gasteiger charge is -2.44. The van der Waals surface area contributed by atoms with E-state index in [1.165, 1.54) is 14.0 Å². The molecule has 1 saturated heterocycles. The molecular formula is C29H40N4O14. The second kappa shape index (κ2) is 20.6. The van der Waals surface area contributed by atoms with E-state index in [4.69, 9.17) is 42.6 Å². The zero-order valence-corrected chi connectivity index (χ0v) is 26.7. The summed E-state index contributed by atoms with van der Waals surface area (Å²) in [6, 6.07) is 5.78. The Bertz CT molecular complexity index is 1230. The second-order valence-electron chi connectivity index (χ2n) is 9.99. The Kier molecular flexibility index (Phi) is 17.0. The standard InChI is InChI=1S/C29H40N4O14/c1-17(23(27(37)41-14-13-40-12-11-39-5)31-29(38)43-15-21-9-7-6-8-10-21)44-28-24(32-33-30)26(46-20(4)36)25(45-19(3)35)22(47-28)16-42-18(2)34/h6-10,17,22-26,28H,11-16H2,1-5H3,(H,31,38)/t17-,22+,23-,24+,25-,26+,28-/m0/s1. The summed E-state index contributed by atoms with van der Waals surface area (Å²) >= 11 is 0. The second-order valence-corrected chi connectivity index (χ2v) is 9.99. The summed E-state index contributed by atoms with van der Waals surface area (Å²) in [6.07, 6.45) is -8.01. The van der Waals surface area contributed by atoms with Gasteiger partial charge in [0.15, 0.2) is 24.5 Å². The molecule has 1 aliphatic heterocycles. The lowest BCUT2D eigenvalue weighted by atomic mass is 9.96. The SMILES string of the molecule is COCCOCCOC(=O)[C@@H](NC(=O)OCc1ccccc1)[C@H](C)O[C@H]1O[C@H](COC(C)=O)[C@H](OC(C)=O)[C@H](OC(C)=O)[C@H]1N=[N+]=[N-]. The summed E-state index contributed by atoms with van der Waals surface area (Å²) in [7, 11) is 1.50. The molecule has 0 bridgehead atoms. The maximum atomic E-state index is 13.2. The van der Waals surface area contributed by atoms with Gasteiger partial charge in [0, 0.05) is 32.8 Å². The normalized spacial score (nSPS) is 21.6. The number of hydrogen-bond donors (Lipinski definition) is 1. The predicted molar refractivity (Wildman–Crippen MR) is 157 cm³/mol. The van der Waals surface area contributed by atoms with E-state index in [-0.39, 0.29) is 26.4 Å². The molecule has 47 heavy (non-hydrogen) atoms. The van der Waals surface area contributed by atoms with Gasteiger partial charge >= 0.3 is 30.0 Å². The summed E-state index contributed by atoms with van der Waals surface area (Å²) in [5.74, 6) is -3.27. The number of hydrogen-bond acceptors (Lipinski definition) is 15. The zero-order chi connectivity index (χ0) is 34.8. The third-order valence-electron chi connectivity index (χ3n) is 6.32. The lowest BCUT2D eigenvalue weighted by molar-refractivity contribution is -0.284. The molecule has 1 aliphatic rings. The van der Waals surface area contributed by atoms with Gasteiger partial charge in [0.2, 0.25) is 0 Å². The zero-order valence-electron chi connectivity index (χ0n) is 26.7. The van der Waals surface area contributed by atoms with Gasteiger partial charge in [-0.2, -0.15) is 0 Å². The van der Waals surface area contributed by atoms with Gasteiger partial charge in [-0.25, -0.2) is 9.59 Å². The fourth-order valence-electron chi connectivity index (χ4n) is 4.27. The van der Waals surface area contributed by atoms with Crippen molar-refractivity contribution in [3.63, 3.8) is 0 Å². The van der Waals surface area contributed by atoms with Crippen LogP contribution in [-0.4, -0.2) is 113 Å². The molecule has 0 radical (unpaired) electrons. The number of alkyl carbamates (subject to hydrolysis) is 1. The van der Waals surface area contributed by atoms with Gasteiger partial charge < -0.3 is 47.9 Å². The molecule has 18 heteroatoms. The number of nitrogens with one attached hydrogen (secondary N) is 1. The highest BCUT2D eigenvalue weighted by molar-refractivity contribution is 5.82. The molecule has 1 heterocycles. The third kappa shape index (κ3) is 13.8. The average molecular weight is 669 g/mol. The van der Waals surface area contributed by atoms with Crippen molar-refractivity contribution < 1.29 is 66.6 Å². The van der Waals surface area contributed by atoms with E-state index in [0.29, 0.717) is 12.2 Å². The fraction of sp³-hybridized carbons (Fsp3) is 0.621. The van der Waals surface area contributed by atoms with Crippen molar-refractivity contribution in [2.45, 2.75) is 77.1 Å². The van der Waals surface area contributed by atoms with E-state index in [9.17, 15) is 29.5 Å². The molecule has 18 nitrogen and oxygen atoms in total. The average Bonchev–Trinajstić information content (AvgIpc) is 3.02. The molecule has 0 aliphatic carbocycles. The minimum atomic E-state index is -1.59. The maximum absolute atomic E-state index is 13.2. The van der Waals surface area contributed by atoms with E-state index in [2.05, 4.69) is 15.3 Å². The first-order valence-electron chi connectivity index (χ1n) is 14.5. The Morgan fingerprint density at radius 3 is 2.19 bits per heavy atom. The first-order valence-corrected chi connectivity index (χ1v) is 14.5. The topological polar surface area (TPSA) is 229 Å². The summed E-state index contributed by atoms with van der Waals surface area (Å²) in [5, 5.41) is 6.06. The predicted octanol–water partition coefficient (Wildman–Crippen LogP) is 1.72. The number of methoxy groups -OCH3 is 1. The number of benzene rings is 1. The van der Waals surface area contributed by atoms with E-state index in [1.54, 1.807) is 30.3 Å². The molecule has 1 fully saturated rings. The number of rotatable bonds is 18. The van der Waals surface area contributed by atoms with Crippen molar-refractivity contribution in [2.24, 2.45) is 5.11 Å². The van der Waals surface area contributed by atoms with Crippen LogP contribution in [0.3, 0.4) is 0 Å². The first-order chi connectivity index (χ1) is 22.5. The molecule has 0 unspecified atom stereocenters. The van der Waals surface area contributed by atoms with Crippen molar-refractivity contribution in [2.75, 3.05) is 40.1 Å². The Morgan fingerprint density at radius 1 is 0.915 bits per heavy atom. The molecule has 1 N–H and O–H groups in total. The van der Waals surface area contributed by atoms with Gasteiger partial charge in [0.05, 0.1) is 25.9 Å². The highest BCUT2D eigenvalue weighted by Gasteiger charge is 2.51. The van der Waals surface area contributed by atoms with Crippen LogP contribution in [0.5, 0.6) is 0 Å². The Hall–Kier alpha value is -4.48. The number of nitrogens with zero attached hydrogens (tertiary/aromatic N) is 3. The van der Waals surface area contributed by atoms with Gasteiger partial charge in [-0.05, 0) is 18.0 Å². The minimum Gasteiger partial charge on any atom is -0.463 e. The Morgan fingerprint density at radius 2 is 1.57 bits per heavy atom. The van der Waals surface area contributed by atoms with Crippen molar-refractivity contribution in [3.8, 4) is 0 Å². The van der Waals surface area contributed by atoms with Gasteiger partial charge in [0.25, 0.3) is 0 Å². The molecule has 7 atom stereocenters. The van der Waals surface area contributed by atoms with E-state index < -0.39 is 79.4 Å². The summed E-state index contributed by atoms with van der Waals surface area (Å²) in [6.45, 7) is 4.51. The van der Waals surface area contributed by atoms with Crippen molar-refractivity contribution in [3.05, 3.63) is 46.3 Å². The number of amides is 1. The van der Waals surface area contributed by atoms with Crippen LogP contribution in [0, 0.1) is 0 Å². The van der Waals surface area contributed by atoms with Crippen LogP contribution in [0.15, 0.2) is 35.4 Å². The van der Waals surface area contributed by atoms with Gasteiger partial charge in [-0.3, -0.25) is 14.4 Å².